The summed E-state index contributed by atoms with van der Waals surface area (Å²) in [4.78, 5) is 14.6. The van der Waals surface area contributed by atoms with Crippen molar-refractivity contribution in [1.29, 1.82) is 0 Å². The topological polar surface area (TPSA) is 29.5 Å². The van der Waals surface area contributed by atoms with Gasteiger partial charge in [-0.1, -0.05) is 11.6 Å². The van der Waals surface area contributed by atoms with Gasteiger partial charge in [-0.25, -0.2) is 8.78 Å². The molecular formula is C15H14ClF2NO2S. The Kier molecular flexibility index (Phi) is 5.74. The maximum absolute atomic E-state index is 13.4. The quantitative estimate of drug-likeness (QED) is 0.788. The first-order valence-electron chi connectivity index (χ1n) is 6.59. The highest BCUT2D eigenvalue weighted by Gasteiger charge is 2.15. The van der Waals surface area contributed by atoms with Crippen LogP contribution in [0.2, 0.25) is 4.34 Å². The van der Waals surface area contributed by atoms with Gasteiger partial charge < -0.3 is 9.64 Å². The van der Waals surface area contributed by atoms with E-state index < -0.39 is 11.6 Å². The molecule has 118 valence electrons. The molecular weight excluding hydrogens is 332 g/mol. The summed E-state index contributed by atoms with van der Waals surface area (Å²) in [5, 5.41) is 0. The van der Waals surface area contributed by atoms with Crippen LogP contribution in [0.25, 0.3) is 0 Å². The minimum Gasteiger partial charge on any atom is -0.481 e. The van der Waals surface area contributed by atoms with Crippen LogP contribution in [0.4, 0.5) is 8.78 Å². The van der Waals surface area contributed by atoms with Crippen molar-refractivity contribution in [1.82, 2.24) is 4.90 Å². The molecule has 0 atom stereocenters. The van der Waals surface area contributed by atoms with Crippen LogP contribution < -0.4 is 4.74 Å². The van der Waals surface area contributed by atoms with Crippen LogP contribution in [-0.2, 0) is 11.3 Å². The number of thiophene rings is 1. The molecule has 7 heteroatoms. The Balaban J connectivity index is 1.94. The molecule has 0 saturated carbocycles. The SMILES string of the molecule is CCN(Cc1ccc(Cl)s1)C(=O)COc1ccc(F)cc1F. The third-order valence-corrected chi connectivity index (χ3v) is 4.17. The molecule has 0 aliphatic carbocycles. The first-order valence-corrected chi connectivity index (χ1v) is 7.79. The van der Waals surface area contributed by atoms with Crippen LogP contribution in [0.5, 0.6) is 5.75 Å². The second-order valence-corrected chi connectivity index (χ2v) is 6.28. The molecule has 1 amide bonds. The number of hydrogen-bond acceptors (Lipinski definition) is 3. The predicted octanol–water partition coefficient (Wildman–Crippen LogP) is 4.11. The molecule has 0 bridgehead atoms. The van der Waals surface area contributed by atoms with E-state index in [0.29, 0.717) is 23.5 Å². The highest BCUT2D eigenvalue weighted by Crippen LogP contribution is 2.23. The molecule has 0 aliphatic rings. The standard InChI is InChI=1S/C15H14ClF2NO2S/c1-2-19(8-11-4-6-14(16)22-11)15(20)9-21-13-5-3-10(17)7-12(13)18/h3-7H,2,8-9H2,1H3. The zero-order chi connectivity index (χ0) is 16.1. The summed E-state index contributed by atoms with van der Waals surface area (Å²) in [7, 11) is 0. The van der Waals surface area contributed by atoms with Gasteiger partial charge in [0, 0.05) is 17.5 Å². The van der Waals surface area contributed by atoms with Crippen LogP contribution in [0.3, 0.4) is 0 Å². The monoisotopic (exact) mass is 345 g/mol. The van der Waals surface area contributed by atoms with E-state index in [1.165, 1.54) is 11.3 Å². The van der Waals surface area contributed by atoms with Crippen molar-refractivity contribution >= 4 is 28.8 Å². The minimum atomic E-state index is -0.833. The molecule has 1 aromatic heterocycles. The highest BCUT2D eigenvalue weighted by atomic mass is 35.5. The van der Waals surface area contributed by atoms with Gasteiger partial charge in [-0.2, -0.15) is 0 Å². The number of ether oxygens (including phenoxy) is 1. The zero-order valence-electron chi connectivity index (χ0n) is 11.8. The smallest absolute Gasteiger partial charge is 0.260 e. The second kappa shape index (κ2) is 7.56. The van der Waals surface area contributed by atoms with E-state index in [4.69, 9.17) is 16.3 Å². The van der Waals surface area contributed by atoms with Gasteiger partial charge in [0.25, 0.3) is 5.91 Å². The van der Waals surface area contributed by atoms with Gasteiger partial charge in [-0.3, -0.25) is 4.79 Å². The molecule has 1 aromatic carbocycles. The Morgan fingerprint density at radius 1 is 1.32 bits per heavy atom. The fourth-order valence-electron chi connectivity index (χ4n) is 1.82. The first-order chi connectivity index (χ1) is 10.5. The lowest BCUT2D eigenvalue weighted by molar-refractivity contribution is -0.133. The lowest BCUT2D eigenvalue weighted by atomic mass is 10.3. The molecule has 1 heterocycles. The number of amides is 1. The number of likely N-dealkylation sites (N-methyl/N-ethyl adjacent to an activating group) is 1. The molecule has 0 fully saturated rings. The number of hydrogen-bond donors (Lipinski definition) is 0. The number of nitrogens with zero attached hydrogens (tertiary/aromatic N) is 1. The molecule has 0 spiro atoms. The van der Waals surface area contributed by atoms with E-state index in [-0.39, 0.29) is 18.3 Å². The minimum absolute atomic E-state index is 0.148. The summed E-state index contributed by atoms with van der Waals surface area (Å²) in [5.41, 5.74) is 0. The summed E-state index contributed by atoms with van der Waals surface area (Å²) in [6.07, 6.45) is 0. The van der Waals surface area contributed by atoms with E-state index in [9.17, 15) is 13.6 Å². The summed E-state index contributed by atoms with van der Waals surface area (Å²) in [6.45, 7) is 2.44. The molecule has 0 unspecified atom stereocenters. The van der Waals surface area contributed by atoms with E-state index in [2.05, 4.69) is 0 Å². The molecule has 3 nitrogen and oxygen atoms in total. The van der Waals surface area contributed by atoms with Crippen LogP contribution in [-0.4, -0.2) is 24.0 Å². The lowest BCUT2D eigenvalue weighted by Gasteiger charge is -2.20. The number of benzene rings is 1. The normalized spacial score (nSPS) is 10.5. The maximum atomic E-state index is 13.4. The molecule has 22 heavy (non-hydrogen) atoms. The average molecular weight is 346 g/mol. The summed E-state index contributed by atoms with van der Waals surface area (Å²) in [6, 6.07) is 6.57. The zero-order valence-corrected chi connectivity index (χ0v) is 13.4. The number of halogens is 3. The Hall–Kier alpha value is -1.66. The Labute approximate surface area is 136 Å². The molecule has 0 N–H and O–H groups in total. The number of carbonyl (C=O) groups excluding carboxylic acids is 1. The van der Waals surface area contributed by atoms with Crippen LogP contribution in [0, 0.1) is 11.6 Å². The van der Waals surface area contributed by atoms with Crippen LogP contribution >= 0.6 is 22.9 Å². The van der Waals surface area contributed by atoms with Gasteiger partial charge in [-0.15, -0.1) is 11.3 Å². The molecule has 0 saturated heterocycles. The largest absolute Gasteiger partial charge is 0.481 e. The van der Waals surface area contributed by atoms with E-state index in [1.54, 1.807) is 11.0 Å². The predicted molar refractivity (Wildman–Crippen MR) is 82.3 cm³/mol. The van der Waals surface area contributed by atoms with Crippen molar-refractivity contribution in [2.45, 2.75) is 13.5 Å². The van der Waals surface area contributed by atoms with Gasteiger partial charge in [0.1, 0.15) is 5.82 Å². The average Bonchev–Trinajstić information content (AvgIpc) is 2.89. The van der Waals surface area contributed by atoms with Gasteiger partial charge in [0.15, 0.2) is 18.2 Å². The van der Waals surface area contributed by atoms with Crippen LogP contribution in [0.1, 0.15) is 11.8 Å². The number of rotatable bonds is 6. The van der Waals surface area contributed by atoms with Gasteiger partial charge in [0.05, 0.1) is 10.9 Å². The summed E-state index contributed by atoms with van der Waals surface area (Å²) >= 11 is 7.25. The lowest BCUT2D eigenvalue weighted by Crippen LogP contribution is -2.34. The fourth-order valence-corrected chi connectivity index (χ4v) is 2.93. The molecule has 2 rings (SSSR count). The van der Waals surface area contributed by atoms with E-state index in [0.717, 1.165) is 17.0 Å². The van der Waals surface area contributed by atoms with Crippen LogP contribution in [0.15, 0.2) is 30.3 Å². The van der Waals surface area contributed by atoms with Gasteiger partial charge >= 0.3 is 0 Å². The fraction of sp³-hybridized carbons (Fsp3) is 0.267. The molecule has 0 aliphatic heterocycles. The third-order valence-electron chi connectivity index (χ3n) is 2.96. The van der Waals surface area contributed by atoms with Crippen molar-refractivity contribution in [3.63, 3.8) is 0 Å². The Morgan fingerprint density at radius 2 is 2.09 bits per heavy atom. The Morgan fingerprint density at radius 3 is 2.68 bits per heavy atom. The van der Waals surface area contributed by atoms with E-state index in [1.807, 2.05) is 13.0 Å². The van der Waals surface area contributed by atoms with Crippen molar-refractivity contribution < 1.29 is 18.3 Å². The molecule has 0 radical (unpaired) electrons. The highest BCUT2D eigenvalue weighted by molar-refractivity contribution is 7.16. The first kappa shape index (κ1) is 16.7. The van der Waals surface area contributed by atoms with Crippen molar-refractivity contribution in [3.05, 3.63) is 51.2 Å². The van der Waals surface area contributed by atoms with E-state index >= 15 is 0 Å². The number of carbonyl (C=O) groups is 1. The Bertz CT molecular complexity index is 663. The third kappa shape index (κ3) is 4.42. The van der Waals surface area contributed by atoms with Gasteiger partial charge in [0.2, 0.25) is 0 Å². The summed E-state index contributed by atoms with van der Waals surface area (Å²) < 4.78 is 32.0. The van der Waals surface area contributed by atoms with Crippen molar-refractivity contribution in [3.8, 4) is 5.75 Å². The van der Waals surface area contributed by atoms with Crippen molar-refractivity contribution in [2.75, 3.05) is 13.2 Å². The maximum Gasteiger partial charge on any atom is 0.260 e. The second-order valence-electron chi connectivity index (χ2n) is 4.48. The van der Waals surface area contributed by atoms with Gasteiger partial charge in [-0.05, 0) is 31.2 Å². The van der Waals surface area contributed by atoms with Crippen molar-refractivity contribution in [2.24, 2.45) is 0 Å². The molecule has 2 aromatic rings. The summed E-state index contributed by atoms with van der Waals surface area (Å²) in [5.74, 6) is -1.96.